The molecule has 4 aromatic rings. The van der Waals surface area contributed by atoms with Gasteiger partial charge < -0.3 is 14.6 Å². The minimum Gasteiger partial charge on any atom is -0.492 e. The molecule has 2 heterocycles. The Bertz CT molecular complexity index is 1690. The molecule has 5 rings (SSSR count). The highest BCUT2D eigenvalue weighted by Crippen LogP contribution is 2.44. The molecule has 1 aliphatic rings. The Morgan fingerprint density at radius 3 is 2.57 bits per heavy atom. The van der Waals surface area contributed by atoms with E-state index >= 15 is 0 Å². The number of alkyl halides is 3. The summed E-state index contributed by atoms with van der Waals surface area (Å²) in [6.07, 6.45) is -0.0486. The predicted molar refractivity (Wildman–Crippen MR) is 148 cm³/mol. The molecular weight excluding hydrogens is 550 g/mol. The van der Waals surface area contributed by atoms with Crippen molar-refractivity contribution in [3.8, 4) is 16.9 Å². The van der Waals surface area contributed by atoms with Crippen LogP contribution in [0.4, 0.5) is 17.6 Å². The number of hydrogen-bond acceptors (Lipinski definition) is 4. The molecule has 220 valence electrons. The number of nitrogens with one attached hydrogen (secondary N) is 2. The zero-order valence-corrected chi connectivity index (χ0v) is 23.4. The molecule has 1 saturated carbocycles. The van der Waals surface area contributed by atoms with Gasteiger partial charge in [-0.2, -0.15) is 18.3 Å². The van der Waals surface area contributed by atoms with Gasteiger partial charge in [0, 0.05) is 37.1 Å². The van der Waals surface area contributed by atoms with E-state index < -0.39 is 23.8 Å². The van der Waals surface area contributed by atoms with Crippen molar-refractivity contribution in [2.24, 2.45) is 13.0 Å². The number of carbonyl (C=O) groups excluding carboxylic acids is 1. The number of aryl methyl sites for hydroxylation is 2. The molecular formula is C31H31F4N5O2. The molecule has 11 heteroatoms. The summed E-state index contributed by atoms with van der Waals surface area (Å²) < 4.78 is 64.9. The molecule has 0 saturated heterocycles. The molecule has 2 N–H and O–H groups in total. The summed E-state index contributed by atoms with van der Waals surface area (Å²) >= 11 is 0. The summed E-state index contributed by atoms with van der Waals surface area (Å²) in [6, 6.07) is 12.5. The monoisotopic (exact) mass is 581 g/mol. The zero-order valence-electron chi connectivity index (χ0n) is 23.4. The van der Waals surface area contributed by atoms with Crippen LogP contribution in [0.3, 0.4) is 0 Å². The Hall–Kier alpha value is -4.41. The quantitative estimate of drug-likeness (QED) is 0.232. The van der Waals surface area contributed by atoms with Gasteiger partial charge in [0.25, 0.3) is 5.91 Å². The second-order valence-corrected chi connectivity index (χ2v) is 10.5. The first-order chi connectivity index (χ1) is 20.0. The molecule has 2 aromatic heterocycles. The Balaban J connectivity index is 1.66. The molecule has 1 fully saturated rings. The van der Waals surface area contributed by atoms with Crippen molar-refractivity contribution in [2.75, 3.05) is 6.61 Å². The summed E-state index contributed by atoms with van der Waals surface area (Å²) in [5.41, 5.74) is 0.718. The molecule has 7 nitrogen and oxygen atoms in total. The van der Waals surface area contributed by atoms with E-state index in [0.29, 0.717) is 11.1 Å². The predicted octanol–water partition coefficient (Wildman–Crippen LogP) is 6.16. The SMILES string of the molecule is CCOc1c(C(=O)N[C@H](c2ccc(F)c(C)c2)C2CC2)cc(Cn2ccccc2=N)cc1-c1cn(C)nc1C(F)(F)F. The average Bonchev–Trinajstić information content (AvgIpc) is 3.70. The second-order valence-electron chi connectivity index (χ2n) is 10.5. The summed E-state index contributed by atoms with van der Waals surface area (Å²) in [6.45, 7) is 3.57. The number of halogens is 4. The first-order valence-electron chi connectivity index (χ1n) is 13.6. The van der Waals surface area contributed by atoms with E-state index in [0.717, 1.165) is 23.1 Å². The van der Waals surface area contributed by atoms with Gasteiger partial charge in [-0.05, 0) is 79.6 Å². The van der Waals surface area contributed by atoms with E-state index in [-0.39, 0.29) is 52.8 Å². The first kappa shape index (κ1) is 29.1. The van der Waals surface area contributed by atoms with Crippen LogP contribution in [0, 0.1) is 24.1 Å². The molecule has 1 aliphatic carbocycles. The van der Waals surface area contributed by atoms with Crippen LogP contribution < -0.4 is 15.5 Å². The molecule has 1 amide bonds. The number of carbonyl (C=O) groups is 1. The van der Waals surface area contributed by atoms with Gasteiger partial charge in [0.2, 0.25) is 0 Å². The Labute approximate surface area is 240 Å². The van der Waals surface area contributed by atoms with Crippen molar-refractivity contribution in [2.45, 2.75) is 45.5 Å². The van der Waals surface area contributed by atoms with Crippen molar-refractivity contribution >= 4 is 5.91 Å². The Morgan fingerprint density at radius 2 is 1.93 bits per heavy atom. The summed E-state index contributed by atoms with van der Waals surface area (Å²) in [7, 11) is 1.40. The lowest BCUT2D eigenvalue weighted by molar-refractivity contribution is -0.140. The molecule has 0 radical (unpaired) electrons. The molecule has 0 spiro atoms. The fourth-order valence-electron chi connectivity index (χ4n) is 5.14. The van der Waals surface area contributed by atoms with E-state index in [4.69, 9.17) is 10.1 Å². The number of nitrogens with zero attached hydrogens (tertiary/aromatic N) is 3. The Kier molecular flexibility index (Phi) is 7.94. The van der Waals surface area contributed by atoms with Crippen molar-refractivity contribution in [1.29, 1.82) is 5.41 Å². The summed E-state index contributed by atoms with van der Waals surface area (Å²) in [4.78, 5) is 14.0. The lowest BCUT2D eigenvalue weighted by atomic mass is 9.96. The maximum atomic E-state index is 14.1. The van der Waals surface area contributed by atoms with Crippen LogP contribution in [-0.4, -0.2) is 26.9 Å². The second kappa shape index (κ2) is 11.5. The van der Waals surface area contributed by atoms with Gasteiger partial charge in [0.15, 0.2) is 5.69 Å². The third-order valence-corrected chi connectivity index (χ3v) is 7.28. The first-order valence-corrected chi connectivity index (χ1v) is 13.6. The fourth-order valence-corrected chi connectivity index (χ4v) is 5.14. The van der Waals surface area contributed by atoms with Crippen molar-refractivity contribution in [3.63, 3.8) is 0 Å². The van der Waals surface area contributed by atoms with Crippen molar-refractivity contribution in [3.05, 3.63) is 100 Å². The van der Waals surface area contributed by atoms with E-state index in [1.807, 2.05) is 0 Å². The number of ether oxygens (including phenoxy) is 1. The highest BCUT2D eigenvalue weighted by molar-refractivity contribution is 6.00. The van der Waals surface area contributed by atoms with Crippen LogP contribution in [-0.2, 0) is 19.8 Å². The van der Waals surface area contributed by atoms with Crippen LogP contribution in [0.15, 0.2) is 60.9 Å². The number of pyridine rings is 1. The fraction of sp³-hybridized carbons (Fsp3) is 0.323. The van der Waals surface area contributed by atoms with Crippen LogP contribution >= 0.6 is 0 Å². The maximum absolute atomic E-state index is 14.1. The summed E-state index contributed by atoms with van der Waals surface area (Å²) in [5.74, 6) is -0.717. The zero-order chi connectivity index (χ0) is 30.2. The van der Waals surface area contributed by atoms with E-state index in [1.54, 1.807) is 67.1 Å². The molecule has 0 aliphatic heterocycles. The highest BCUT2D eigenvalue weighted by Gasteiger charge is 2.39. The van der Waals surface area contributed by atoms with Crippen LogP contribution in [0.2, 0.25) is 0 Å². The number of hydrogen-bond donors (Lipinski definition) is 2. The average molecular weight is 582 g/mol. The number of amides is 1. The molecule has 0 bridgehead atoms. The smallest absolute Gasteiger partial charge is 0.435 e. The largest absolute Gasteiger partial charge is 0.492 e. The van der Waals surface area contributed by atoms with Crippen molar-refractivity contribution in [1.82, 2.24) is 19.7 Å². The van der Waals surface area contributed by atoms with Crippen molar-refractivity contribution < 1.29 is 27.1 Å². The topological polar surface area (TPSA) is 84.9 Å². The minimum atomic E-state index is -4.75. The minimum absolute atomic E-state index is 0.00578. The maximum Gasteiger partial charge on any atom is 0.435 e. The lowest BCUT2D eigenvalue weighted by Gasteiger charge is -2.22. The van der Waals surface area contributed by atoms with Gasteiger partial charge in [0.05, 0.1) is 18.2 Å². The van der Waals surface area contributed by atoms with Gasteiger partial charge in [0.1, 0.15) is 17.1 Å². The highest BCUT2D eigenvalue weighted by atomic mass is 19.4. The van der Waals surface area contributed by atoms with E-state index in [2.05, 4.69) is 10.4 Å². The Morgan fingerprint density at radius 1 is 1.17 bits per heavy atom. The lowest BCUT2D eigenvalue weighted by Crippen LogP contribution is -2.30. The van der Waals surface area contributed by atoms with Gasteiger partial charge in [-0.25, -0.2) is 4.39 Å². The van der Waals surface area contributed by atoms with Crippen LogP contribution in [0.25, 0.3) is 11.1 Å². The molecule has 0 unspecified atom stereocenters. The third kappa shape index (κ3) is 6.09. The van der Waals surface area contributed by atoms with Gasteiger partial charge in [-0.15, -0.1) is 0 Å². The van der Waals surface area contributed by atoms with Gasteiger partial charge in [-0.1, -0.05) is 18.2 Å². The number of aromatic nitrogens is 3. The standard InChI is InChI=1S/C31H31F4N5O2/c1-4-42-28-22(24-17-39(3)38-29(24)31(33,34)35)14-19(16-40-12-6-5-7-26(40)36)15-23(28)30(41)37-27(20-8-9-20)21-10-11-25(32)18(2)13-21/h5-7,10-15,17,20,27,36H,4,8-9,16H2,1-3H3,(H,37,41)/t27-/m0/s1. The van der Waals surface area contributed by atoms with Gasteiger partial charge in [-0.3, -0.25) is 14.9 Å². The normalized spacial score (nSPS) is 14.1. The summed E-state index contributed by atoms with van der Waals surface area (Å²) in [5, 5.41) is 15.0. The third-order valence-electron chi connectivity index (χ3n) is 7.28. The van der Waals surface area contributed by atoms with Gasteiger partial charge >= 0.3 is 6.18 Å². The number of benzene rings is 2. The van der Waals surface area contributed by atoms with E-state index in [1.165, 1.54) is 19.3 Å². The molecule has 42 heavy (non-hydrogen) atoms. The molecule has 1 atom stereocenters. The van der Waals surface area contributed by atoms with E-state index in [9.17, 15) is 22.4 Å². The molecule has 2 aromatic carbocycles. The number of rotatable bonds is 9. The van der Waals surface area contributed by atoms with Crippen LogP contribution in [0.1, 0.15) is 58.5 Å². The van der Waals surface area contributed by atoms with Crippen LogP contribution in [0.5, 0.6) is 5.75 Å².